The van der Waals surface area contributed by atoms with Crippen molar-refractivity contribution in [3.05, 3.63) is 52.3 Å². The van der Waals surface area contributed by atoms with Gasteiger partial charge in [0.1, 0.15) is 11.6 Å². The van der Waals surface area contributed by atoms with Crippen LogP contribution in [0.1, 0.15) is 26.8 Å². The first-order valence-corrected chi connectivity index (χ1v) is 9.25. The van der Waals surface area contributed by atoms with Crippen LogP contribution in [0.5, 0.6) is 0 Å². The van der Waals surface area contributed by atoms with Crippen LogP contribution in [0.2, 0.25) is 0 Å². The number of para-hydroxylation sites is 1. The van der Waals surface area contributed by atoms with E-state index in [-0.39, 0.29) is 12.3 Å². The number of thiazole rings is 1. The van der Waals surface area contributed by atoms with Gasteiger partial charge in [-0.25, -0.2) is 4.98 Å². The summed E-state index contributed by atoms with van der Waals surface area (Å²) in [4.78, 5) is 19.0. The van der Waals surface area contributed by atoms with Crippen LogP contribution in [-0.2, 0) is 13.1 Å². The van der Waals surface area contributed by atoms with Crippen LogP contribution in [0.4, 0.5) is 13.2 Å². The van der Waals surface area contributed by atoms with Crippen molar-refractivity contribution in [1.82, 2.24) is 14.5 Å². The number of ketones is 1. The third-order valence-electron chi connectivity index (χ3n) is 4.37. The maximum Gasteiger partial charge on any atom is 0.406 e. The normalized spacial score (nSPS) is 12.3. The molecule has 0 spiro atoms. The molecule has 0 fully saturated rings. The predicted octanol–water partition coefficient (Wildman–Crippen LogP) is 4.59. The van der Waals surface area contributed by atoms with Gasteiger partial charge < -0.3 is 4.57 Å². The minimum atomic E-state index is -4.32. The van der Waals surface area contributed by atoms with Crippen molar-refractivity contribution in [1.29, 1.82) is 0 Å². The summed E-state index contributed by atoms with van der Waals surface area (Å²) >= 11 is 1.57. The Balaban J connectivity index is 1.70. The van der Waals surface area contributed by atoms with Crippen LogP contribution in [0.15, 0.2) is 30.3 Å². The van der Waals surface area contributed by atoms with Gasteiger partial charge in [-0.3, -0.25) is 9.69 Å². The van der Waals surface area contributed by atoms with E-state index in [2.05, 4.69) is 4.98 Å². The standard InChI is InChI=1S/C19H20F3N3OS/c1-12-8-14(13(2)25(12)11-19(20,21)22)16(26)9-24(3)10-18-23-15-6-4-5-7-17(15)27-18/h4-8H,9-11H2,1-3H3. The number of likely N-dealkylation sites (N-methyl/N-ethyl adjacent to an activating group) is 1. The zero-order chi connectivity index (χ0) is 19.8. The van der Waals surface area contributed by atoms with Gasteiger partial charge in [-0.2, -0.15) is 13.2 Å². The summed E-state index contributed by atoms with van der Waals surface area (Å²) in [6.07, 6.45) is -4.32. The molecule has 2 heterocycles. The maximum atomic E-state index is 12.7. The lowest BCUT2D eigenvalue weighted by Gasteiger charge is -2.15. The number of aromatic nitrogens is 2. The molecule has 3 rings (SSSR count). The molecule has 0 atom stereocenters. The third-order valence-corrected chi connectivity index (χ3v) is 5.39. The van der Waals surface area contributed by atoms with Crippen molar-refractivity contribution in [2.45, 2.75) is 33.1 Å². The largest absolute Gasteiger partial charge is 0.406 e. The molecule has 0 N–H and O–H groups in total. The Kier molecular flexibility index (Phi) is 5.39. The van der Waals surface area contributed by atoms with E-state index in [0.717, 1.165) is 19.8 Å². The van der Waals surface area contributed by atoms with Gasteiger partial charge in [0.05, 0.1) is 23.3 Å². The number of hydrogen-bond acceptors (Lipinski definition) is 4. The first-order chi connectivity index (χ1) is 12.6. The number of carbonyl (C=O) groups is 1. The van der Waals surface area contributed by atoms with Gasteiger partial charge >= 0.3 is 6.18 Å². The fourth-order valence-electron chi connectivity index (χ4n) is 3.11. The van der Waals surface area contributed by atoms with Gasteiger partial charge in [0.2, 0.25) is 0 Å². The first kappa shape index (κ1) is 19.6. The highest BCUT2D eigenvalue weighted by molar-refractivity contribution is 7.18. The lowest BCUT2D eigenvalue weighted by molar-refractivity contribution is -0.141. The van der Waals surface area contributed by atoms with Crippen LogP contribution >= 0.6 is 11.3 Å². The van der Waals surface area contributed by atoms with Crippen LogP contribution in [0.25, 0.3) is 10.2 Å². The number of aryl methyl sites for hydroxylation is 1. The summed E-state index contributed by atoms with van der Waals surface area (Å²) in [7, 11) is 1.80. The monoisotopic (exact) mass is 395 g/mol. The molecule has 0 aliphatic carbocycles. The molecule has 3 aromatic rings. The van der Waals surface area contributed by atoms with E-state index in [9.17, 15) is 18.0 Å². The second-order valence-electron chi connectivity index (χ2n) is 6.66. The minimum absolute atomic E-state index is 0.117. The first-order valence-electron chi connectivity index (χ1n) is 8.44. The fourth-order valence-corrected chi connectivity index (χ4v) is 4.16. The molecule has 27 heavy (non-hydrogen) atoms. The summed E-state index contributed by atoms with van der Waals surface area (Å²) in [5, 5.41) is 0.897. The van der Waals surface area contributed by atoms with Crippen molar-refractivity contribution in [2.75, 3.05) is 13.6 Å². The fraction of sp³-hybridized carbons (Fsp3) is 0.368. The molecule has 0 unspecified atom stereocenters. The Bertz CT molecular complexity index is 941. The molecule has 0 aliphatic rings. The zero-order valence-electron chi connectivity index (χ0n) is 15.3. The number of nitrogens with zero attached hydrogens (tertiary/aromatic N) is 3. The smallest absolute Gasteiger partial charge is 0.339 e. The van der Waals surface area contributed by atoms with Gasteiger partial charge in [0, 0.05) is 17.0 Å². The number of alkyl halides is 3. The van der Waals surface area contributed by atoms with Crippen LogP contribution in [-0.4, -0.2) is 40.0 Å². The average molecular weight is 395 g/mol. The highest BCUT2D eigenvalue weighted by atomic mass is 32.1. The molecular formula is C19H20F3N3OS. The Morgan fingerprint density at radius 1 is 1.26 bits per heavy atom. The van der Waals surface area contributed by atoms with E-state index in [1.54, 1.807) is 32.2 Å². The molecule has 8 heteroatoms. The zero-order valence-corrected chi connectivity index (χ0v) is 16.1. The Labute approximate surface area is 159 Å². The molecule has 4 nitrogen and oxygen atoms in total. The summed E-state index contributed by atoms with van der Waals surface area (Å²) in [6.45, 7) is 2.68. The van der Waals surface area contributed by atoms with Gasteiger partial charge in [0.25, 0.3) is 0 Å². The quantitative estimate of drug-likeness (QED) is 0.573. The topological polar surface area (TPSA) is 38.1 Å². The highest BCUT2D eigenvalue weighted by Crippen LogP contribution is 2.24. The summed E-state index contributed by atoms with van der Waals surface area (Å²) in [6, 6.07) is 9.35. The number of carbonyl (C=O) groups excluding carboxylic acids is 1. The van der Waals surface area contributed by atoms with E-state index in [4.69, 9.17) is 0 Å². The minimum Gasteiger partial charge on any atom is -0.339 e. The molecule has 144 valence electrons. The van der Waals surface area contributed by atoms with E-state index in [1.165, 1.54) is 6.07 Å². The SMILES string of the molecule is Cc1cc(C(=O)CN(C)Cc2nc3ccccc3s2)c(C)n1CC(F)(F)F. The van der Waals surface area contributed by atoms with Crippen LogP contribution in [0, 0.1) is 13.8 Å². The van der Waals surface area contributed by atoms with E-state index < -0.39 is 12.7 Å². The molecule has 0 saturated carbocycles. The Morgan fingerprint density at radius 3 is 2.63 bits per heavy atom. The summed E-state index contributed by atoms with van der Waals surface area (Å²) in [5.74, 6) is -0.194. The van der Waals surface area contributed by atoms with Gasteiger partial charge in [-0.15, -0.1) is 11.3 Å². The number of rotatable bonds is 6. The third kappa shape index (κ3) is 4.56. The second kappa shape index (κ2) is 7.44. The Morgan fingerprint density at radius 2 is 1.96 bits per heavy atom. The van der Waals surface area contributed by atoms with Crippen molar-refractivity contribution in [2.24, 2.45) is 0 Å². The van der Waals surface area contributed by atoms with Crippen LogP contribution in [0.3, 0.4) is 0 Å². The number of Topliss-reactive ketones (excluding diaryl/α,β-unsaturated/α-hetero) is 1. The predicted molar refractivity (Wildman–Crippen MR) is 100 cm³/mol. The maximum absolute atomic E-state index is 12.7. The lowest BCUT2D eigenvalue weighted by Crippen LogP contribution is -2.26. The van der Waals surface area contributed by atoms with E-state index in [1.807, 2.05) is 29.2 Å². The molecule has 0 amide bonds. The molecule has 0 aliphatic heterocycles. The highest BCUT2D eigenvalue weighted by Gasteiger charge is 2.30. The van der Waals surface area contributed by atoms with Crippen LogP contribution < -0.4 is 0 Å². The number of benzene rings is 1. The average Bonchev–Trinajstić information content (AvgIpc) is 3.08. The second-order valence-corrected chi connectivity index (χ2v) is 7.77. The molecule has 0 saturated heterocycles. The van der Waals surface area contributed by atoms with Crippen molar-refractivity contribution < 1.29 is 18.0 Å². The van der Waals surface area contributed by atoms with Gasteiger partial charge in [-0.1, -0.05) is 12.1 Å². The molecule has 2 aromatic heterocycles. The van der Waals surface area contributed by atoms with E-state index >= 15 is 0 Å². The van der Waals surface area contributed by atoms with Gasteiger partial charge in [-0.05, 0) is 39.1 Å². The van der Waals surface area contributed by atoms with Crippen molar-refractivity contribution in [3.63, 3.8) is 0 Å². The molecule has 1 aromatic carbocycles. The Hall–Kier alpha value is -2.19. The van der Waals surface area contributed by atoms with Crippen molar-refractivity contribution >= 4 is 27.3 Å². The summed E-state index contributed by atoms with van der Waals surface area (Å²) < 4.78 is 40.4. The molecular weight excluding hydrogens is 375 g/mol. The molecule has 0 radical (unpaired) electrons. The number of halogens is 3. The summed E-state index contributed by atoms with van der Waals surface area (Å²) in [5.41, 5.74) is 2.05. The number of hydrogen-bond donors (Lipinski definition) is 0. The lowest BCUT2D eigenvalue weighted by atomic mass is 10.1. The van der Waals surface area contributed by atoms with E-state index in [0.29, 0.717) is 23.5 Å². The molecule has 0 bridgehead atoms. The number of fused-ring (bicyclic) bond motifs is 1. The van der Waals surface area contributed by atoms with Gasteiger partial charge in [0.15, 0.2) is 5.78 Å². The van der Waals surface area contributed by atoms with Crippen molar-refractivity contribution in [3.8, 4) is 0 Å².